The van der Waals surface area contributed by atoms with E-state index in [1.807, 2.05) is 12.2 Å². The molecule has 9 heteroatoms. The van der Waals surface area contributed by atoms with Crippen LogP contribution < -0.4 is 0 Å². The molecule has 0 aromatic carbocycles. The molecular weight excluding hydrogens is 723 g/mol. The topological polar surface area (TPSA) is 108 Å². The van der Waals surface area contributed by atoms with E-state index >= 15 is 0 Å². The number of rotatable bonds is 41. The summed E-state index contributed by atoms with van der Waals surface area (Å²) in [5.74, 6) is -0.947. The number of allylic oxidation sites excluding steroid dienone is 9. The van der Waals surface area contributed by atoms with Crippen LogP contribution in [0, 0.1) is 0 Å². The van der Waals surface area contributed by atoms with Gasteiger partial charge in [-0.2, -0.15) is 0 Å². The summed E-state index contributed by atoms with van der Waals surface area (Å²) >= 11 is 0. The summed E-state index contributed by atoms with van der Waals surface area (Å²) < 4.78 is 31.9. The molecule has 0 aliphatic heterocycles. The fraction of sp³-hybridized carbons (Fsp3) is 0.745. The van der Waals surface area contributed by atoms with Gasteiger partial charge in [-0.3, -0.25) is 18.6 Å². The maximum absolute atomic E-state index is 12.4. The summed E-state index contributed by atoms with van der Waals surface area (Å²) in [6.07, 6.45) is 53.2. The Hall–Kier alpha value is -2.25. The van der Waals surface area contributed by atoms with Gasteiger partial charge in [0.1, 0.15) is 6.61 Å². The molecule has 0 aromatic heterocycles. The molecule has 0 spiro atoms. The van der Waals surface area contributed by atoms with E-state index < -0.39 is 32.5 Å². The van der Waals surface area contributed by atoms with E-state index in [9.17, 15) is 19.0 Å². The first-order chi connectivity index (χ1) is 27.3. The summed E-state index contributed by atoms with van der Waals surface area (Å²) in [6, 6.07) is 0. The Balaban J connectivity index is 4.00. The van der Waals surface area contributed by atoms with Crippen molar-refractivity contribution >= 4 is 19.8 Å². The SMILES string of the molecule is CC/C=C\C/C=C\C/C=C\C/C=C\C/C=C\CC(=O)OC(COC(=O)CCCCCCCCCCCCCCCCCCCCCCCC)COP(=O)(O)OC. The lowest BCUT2D eigenvalue weighted by Gasteiger charge is -2.19. The molecule has 0 heterocycles. The fourth-order valence-corrected chi connectivity index (χ4v) is 6.61. The van der Waals surface area contributed by atoms with E-state index in [0.717, 1.165) is 52.1 Å². The van der Waals surface area contributed by atoms with E-state index in [4.69, 9.17) is 14.0 Å². The first-order valence-electron chi connectivity index (χ1n) is 22.5. The molecule has 0 rings (SSSR count). The van der Waals surface area contributed by atoms with Gasteiger partial charge in [0.2, 0.25) is 0 Å². The van der Waals surface area contributed by atoms with Gasteiger partial charge < -0.3 is 14.4 Å². The molecule has 1 N–H and O–H groups in total. The second-order valence-electron chi connectivity index (χ2n) is 14.8. The van der Waals surface area contributed by atoms with Crippen molar-refractivity contribution in [2.24, 2.45) is 0 Å². The first kappa shape index (κ1) is 53.8. The number of phosphoric acid groups is 1. The van der Waals surface area contributed by atoms with Crippen LogP contribution in [0.1, 0.15) is 200 Å². The number of hydrogen-bond acceptors (Lipinski definition) is 7. The van der Waals surface area contributed by atoms with Gasteiger partial charge in [-0.25, -0.2) is 4.57 Å². The molecule has 0 radical (unpaired) electrons. The monoisotopic (exact) mass is 807 g/mol. The van der Waals surface area contributed by atoms with Crippen molar-refractivity contribution in [2.75, 3.05) is 20.3 Å². The van der Waals surface area contributed by atoms with Crippen LogP contribution in [0.4, 0.5) is 0 Å². The Labute approximate surface area is 343 Å². The molecule has 324 valence electrons. The highest BCUT2D eigenvalue weighted by Crippen LogP contribution is 2.42. The zero-order chi connectivity index (χ0) is 41.1. The van der Waals surface area contributed by atoms with Gasteiger partial charge in [-0.1, -0.05) is 209 Å². The predicted molar refractivity (Wildman–Crippen MR) is 235 cm³/mol. The van der Waals surface area contributed by atoms with Gasteiger partial charge in [0.15, 0.2) is 6.10 Å². The van der Waals surface area contributed by atoms with Crippen LogP contribution in [0.15, 0.2) is 60.8 Å². The molecule has 0 aliphatic carbocycles. The van der Waals surface area contributed by atoms with Crippen molar-refractivity contribution in [3.63, 3.8) is 0 Å². The van der Waals surface area contributed by atoms with Crippen LogP contribution in [0.2, 0.25) is 0 Å². The number of ether oxygens (including phenoxy) is 2. The molecule has 0 aromatic rings. The highest BCUT2D eigenvalue weighted by Gasteiger charge is 2.24. The summed E-state index contributed by atoms with van der Waals surface area (Å²) in [5.41, 5.74) is 0. The van der Waals surface area contributed by atoms with Gasteiger partial charge in [-0.15, -0.1) is 0 Å². The van der Waals surface area contributed by atoms with Gasteiger partial charge in [0.05, 0.1) is 13.0 Å². The number of carbonyl (C=O) groups excluding carboxylic acids is 2. The minimum atomic E-state index is -4.29. The lowest BCUT2D eigenvalue weighted by atomic mass is 10.0. The van der Waals surface area contributed by atoms with Crippen molar-refractivity contribution < 1.29 is 37.6 Å². The first-order valence-corrected chi connectivity index (χ1v) is 24.0. The Kier molecular flexibility index (Phi) is 40.7. The van der Waals surface area contributed by atoms with Gasteiger partial charge in [0.25, 0.3) is 0 Å². The van der Waals surface area contributed by atoms with Crippen LogP contribution in [0.3, 0.4) is 0 Å². The molecule has 8 nitrogen and oxygen atoms in total. The lowest BCUT2D eigenvalue weighted by molar-refractivity contribution is -0.160. The summed E-state index contributed by atoms with van der Waals surface area (Å²) in [6.45, 7) is 3.71. The molecule has 0 saturated carbocycles. The van der Waals surface area contributed by atoms with E-state index in [0.29, 0.717) is 6.42 Å². The number of hydrogen-bond donors (Lipinski definition) is 1. The van der Waals surface area contributed by atoms with E-state index in [1.165, 1.54) is 122 Å². The van der Waals surface area contributed by atoms with Crippen LogP contribution >= 0.6 is 7.82 Å². The lowest BCUT2D eigenvalue weighted by Crippen LogP contribution is -2.29. The van der Waals surface area contributed by atoms with E-state index in [2.05, 4.69) is 60.9 Å². The highest BCUT2D eigenvalue weighted by atomic mass is 31.2. The zero-order valence-electron chi connectivity index (χ0n) is 36.0. The average Bonchev–Trinajstić information content (AvgIpc) is 3.19. The summed E-state index contributed by atoms with van der Waals surface area (Å²) in [4.78, 5) is 34.4. The molecular formula is C47H83O8P. The fourth-order valence-electron chi connectivity index (χ4n) is 6.15. The maximum Gasteiger partial charge on any atom is 0.472 e. The van der Waals surface area contributed by atoms with Crippen molar-refractivity contribution in [1.82, 2.24) is 0 Å². The maximum atomic E-state index is 12.4. The smallest absolute Gasteiger partial charge is 0.462 e. The number of esters is 2. The molecule has 2 atom stereocenters. The van der Waals surface area contributed by atoms with Crippen molar-refractivity contribution in [1.29, 1.82) is 0 Å². The normalized spacial score (nSPS) is 13.9. The van der Waals surface area contributed by atoms with Gasteiger partial charge in [-0.05, 0) is 38.5 Å². The third-order valence-corrected chi connectivity index (χ3v) is 10.5. The van der Waals surface area contributed by atoms with Crippen molar-refractivity contribution in [2.45, 2.75) is 206 Å². The van der Waals surface area contributed by atoms with Crippen molar-refractivity contribution in [3.05, 3.63) is 60.8 Å². The quantitative estimate of drug-likeness (QED) is 0.0282. The summed E-state index contributed by atoms with van der Waals surface area (Å²) in [5, 5.41) is 0. The van der Waals surface area contributed by atoms with Crippen LogP contribution in [-0.4, -0.2) is 43.3 Å². The minimum Gasteiger partial charge on any atom is -0.462 e. The summed E-state index contributed by atoms with van der Waals surface area (Å²) in [7, 11) is -3.24. The molecule has 2 unspecified atom stereocenters. The average molecular weight is 807 g/mol. The van der Waals surface area contributed by atoms with Gasteiger partial charge >= 0.3 is 19.8 Å². The van der Waals surface area contributed by atoms with Gasteiger partial charge in [0, 0.05) is 13.5 Å². The number of phosphoric ester groups is 1. The molecule has 0 saturated heterocycles. The standard InChI is InChI=1S/C47H83O8P/c1-4-6-8-10-12-14-16-18-20-21-22-23-24-25-26-28-29-31-33-35-37-39-41-46(48)53-43-45(44-54-56(50,51)52-3)55-47(49)42-40-38-36-34-32-30-27-19-17-15-13-11-9-7-5-2/h7,9,13,15,19,27,32,34,38,40,45H,4-6,8,10-12,14,16-18,20-26,28-31,33,35-37,39,41-44H2,1-3H3,(H,50,51)/b9-7-,15-13-,27-19-,34-32-,40-38-. The largest absolute Gasteiger partial charge is 0.472 e. The molecule has 0 amide bonds. The molecule has 0 fully saturated rings. The second kappa shape index (κ2) is 42.4. The Morgan fingerprint density at radius 2 is 0.893 bits per heavy atom. The highest BCUT2D eigenvalue weighted by molar-refractivity contribution is 7.47. The van der Waals surface area contributed by atoms with Crippen LogP contribution in [-0.2, 0) is 32.7 Å². The predicted octanol–water partition coefficient (Wildman–Crippen LogP) is 14.3. The molecule has 0 aliphatic rings. The Morgan fingerprint density at radius 3 is 1.29 bits per heavy atom. The second-order valence-corrected chi connectivity index (χ2v) is 16.4. The Bertz CT molecular complexity index is 1100. The number of unbranched alkanes of at least 4 members (excludes halogenated alkanes) is 21. The third-order valence-electron chi connectivity index (χ3n) is 9.56. The van der Waals surface area contributed by atoms with Crippen LogP contribution in [0.5, 0.6) is 0 Å². The molecule has 0 bridgehead atoms. The third kappa shape index (κ3) is 41.4. The van der Waals surface area contributed by atoms with Crippen molar-refractivity contribution in [3.8, 4) is 0 Å². The van der Waals surface area contributed by atoms with E-state index in [1.54, 1.807) is 6.08 Å². The number of carbonyl (C=O) groups is 2. The molecule has 56 heavy (non-hydrogen) atoms. The minimum absolute atomic E-state index is 0.0124. The van der Waals surface area contributed by atoms with Crippen LogP contribution in [0.25, 0.3) is 0 Å². The zero-order valence-corrected chi connectivity index (χ0v) is 36.9. The Morgan fingerprint density at radius 1 is 0.518 bits per heavy atom. The van der Waals surface area contributed by atoms with E-state index in [-0.39, 0.29) is 19.4 Å².